The van der Waals surface area contributed by atoms with Crippen LogP contribution >= 0.6 is 0 Å². The van der Waals surface area contributed by atoms with Crippen molar-refractivity contribution >= 4 is 0 Å². The van der Waals surface area contributed by atoms with Gasteiger partial charge in [0.1, 0.15) is 0 Å². The zero-order valence-electron chi connectivity index (χ0n) is 16.9. The monoisotopic (exact) mass is 296 g/mol. The van der Waals surface area contributed by atoms with Gasteiger partial charge >= 0.3 is 0 Å². The summed E-state index contributed by atoms with van der Waals surface area (Å²) in [6.45, 7) is 12.9. The smallest absolute Gasteiger partial charge is 0.0316 e. The molecule has 0 fully saturated rings. The van der Waals surface area contributed by atoms with Crippen LogP contribution in [0.25, 0.3) is 0 Å². The standard InChI is InChI=1S/C22H30/c1-16-14-18(3)20(15-17(16)2)9-7-8-19-10-12-21(13-11-19)22(4,5)6/h10-15H,7-9H2,1-6H3/i8D2. The lowest BCUT2D eigenvalue weighted by molar-refractivity contribution is 0.590. The Morgan fingerprint density at radius 2 is 1.45 bits per heavy atom. The Morgan fingerprint density at radius 1 is 0.864 bits per heavy atom. The second-order valence-electron chi connectivity index (χ2n) is 7.37. The Kier molecular flexibility index (Phi) is 4.27. The molecule has 0 amide bonds. The van der Waals surface area contributed by atoms with Gasteiger partial charge in [0, 0.05) is 2.74 Å². The van der Waals surface area contributed by atoms with E-state index in [-0.39, 0.29) is 5.41 Å². The van der Waals surface area contributed by atoms with Crippen LogP contribution < -0.4 is 0 Å². The topological polar surface area (TPSA) is 0 Å². The summed E-state index contributed by atoms with van der Waals surface area (Å²) >= 11 is 0. The van der Waals surface area contributed by atoms with Gasteiger partial charge in [0.2, 0.25) is 0 Å². The summed E-state index contributed by atoms with van der Waals surface area (Å²) < 4.78 is 17.0. The van der Waals surface area contributed by atoms with Gasteiger partial charge < -0.3 is 0 Å². The summed E-state index contributed by atoms with van der Waals surface area (Å²) in [5.74, 6) is 0. The molecule has 0 aromatic heterocycles. The molecule has 118 valence electrons. The van der Waals surface area contributed by atoms with Crippen molar-refractivity contribution in [2.24, 2.45) is 0 Å². The first-order valence-corrected chi connectivity index (χ1v) is 8.18. The quantitative estimate of drug-likeness (QED) is 0.641. The normalized spacial score (nSPS) is 13.7. The van der Waals surface area contributed by atoms with E-state index < -0.39 is 6.37 Å². The lowest BCUT2D eigenvalue weighted by Gasteiger charge is -2.19. The number of benzene rings is 2. The molecule has 0 aliphatic rings. The van der Waals surface area contributed by atoms with Crippen molar-refractivity contribution in [3.8, 4) is 0 Å². The fraction of sp³-hybridized carbons (Fsp3) is 0.455. The van der Waals surface area contributed by atoms with Crippen LogP contribution in [0.15, 0.2) is 36.4 Å². The molecule has 0 bridgehead atoms. The van der Waals surface area contributed by atoms with Crippen molar-refractivity contribution in [1.82, 2.24) is 0 Å². The molecule has 0 saturated heterocycles. The van der Waals surface area contributed by atoms with E-state index in [1.165, 1.54) is 27.8 Å². The largest absolute Gasteiger partial charge is 0.0588 e. The van der Waals surface area contributed by atoms with Gasteiger partial charge in [-0.15, -0.1) is 0 Å². The molecule has 0 aliphatic heterocycles. The number of hydrogen-bond donors (Lipinski definition) is 0. The second kappa shape index (κ2) is 6.69. The number of rotatable bonds is 4. The number of aryl methyl sites for hydroxylation is 5. The van der Waals surface area contributed by atoms with Crippen LogP contribution in [0.5, 0.6) is 0 Å². The fourth-order valence-corrected chi connectivity index (χ4v) is 2.72. The van der Waals surface area contributed by atoms with Gasteiger partial charge in [0.05, 0.1) is 0 Å². The van der Waals surface area contributed by atoms with Gasteiger partial charge in [0.25, 0.3) is 0 Å². The minimum Gasteiger partial charge on any atom is -0.0588 e. The average molecular weight is 296 g/mol. The molecule has 2 aromatic rings. The molecule has 0 heteroatoms. The van der Waals surface area contributed by atoms with Crippen molar-refractivity contribution in [1.29, 1.82) is 0 Å². The van der Waals surface area contributed by atoms with Crippen molar-refractivity contribution in [3.63, 3.8) is 0 Å². The molecular weight excluding hydrogens is 264 g/mol. The summed E-state index contributed by atoms with van der Waals surface area (Å²) in [4.78, 5) is 0. The van der Waals surface area contributed by atoms with Crippen molar-refractivity contribution in [3.05, 3.63) is 69.8 Å². The molecule has 0 nitrogen and oxygen atoms in total. The molecule has 0 spiro atoms. The van der Waals surface area contributed by atoms with Gasteiger partial charge in [-0.2, -0.15) is 0 Å². The van der Waals surface area contributed by atoms with E-state index in [4.69, 9.17) is 2.74 Å². The predicted molar refractivity (Wildman–Crippen MR) is 97.8 cm³/mol. The first-order valence-electron chi connectivity index (χ1n) is 9.18. The predicted octanol–water partition coefficient (Wildman–Crippen LogP) is 6.08. The van der Waals surface area contributed by atoms with Crippen LogP contribution in [0, 0.1) is 20.8 Å². The molecule has 0 N–H and O–H groups in total. The first kappa shape index (κ1) is 14.1. The lowest BCUT2D eigenvalue weighted by atomic mass is 9.86. The third-order valence-electron chi connectivity index (χ3n) is 4.43. The first-order chi connectivity index (χ1) is 11.0. The van der Waals surface area contributed by atoms with Crippen LogP contribution in [0.3, 0.4) is 0 Å². The maximum Gasteiger partial charge on any atom is 0.0316 e. The summed E-state index contributed by atoms with van der Waals surface area (Å²) in [6.07, 6.45) is -0.0339. The highest BCUT2D eigenvalue weighted by atomic mass is 14.2. The third-order valence-corrected chi connectivity index (χ3v) is 4.43. The van der Waals surface area contributed by atoms with Crippen LogP contribution in [0.1, 0.15) is 63.3 Å². The van der Waals surface area contributed by atoms with E-state index in [0.717, 1.165) is 12.0 Å². The van der Waals surface area contributed by atoms with Gasteiger partial charge in [-0.3, -0.25) is 0 Å². The van der Waals surface area contributed by atoms with Crippen LogP contribution in [0.2, 0.25) is 0 Å². The highest BCUT2D eigenvalue weighted by molar-refractivity contribution is 5.36. The van der Waals surface area contributed by atoms with Crippen molar-refractivity contribution < 1.29 is 2.74 Å². The molecule has 0 radical (unpaired) electrons. The molecule has 0 saturated carbocycles. The van der Waals surface area contributed by atoms with Gasteiger partial charge in [-0.25, -0.2) is 0 Å². The maximum atomic E-state index is 8.48. The van der Waals surface area contributed by atoms with E-state index >= 15 is 0 Å². The molecule has 0 atom stereocenters. The molecule has 0 aliphatic carbocycles. The molecule has 0 heterocycles. The SMILES string of the molecule is [2H]C([2H])(CCc1cc(C)c(C)cc1C)c1ccc(C(C)(C)C)cc1. The summed E-state index contributed by atoms with van der Waals surface area (Å²) in [7, 11) is 0. The third kappa shape index (κ3) is 4.22. The summed E-state index contributed by atoms with van der Waals surface area (Å²) in [5.41, 5.74) is 7.22. The highest BCUT2D eigenvalue weighted by Gasteiger charge is 2.12. The summed E-state index contributed by atoms with van der Waals surface area (Å²) in [6, 6.07) is 12.5. The lowest BCUT2D eigenvalue weighted by Crippen LogP contribution is -2.10. The molecular formula is C22H30. The van der Waals surface area contributed by atoms with E-state index in [1.54, 1.807) is 0 Å². The van der Waals surface area contributed by atoms with Crippen LogP contribution in [0.4, 0.5) is 0 Å². The zero-order valence-corrected chi connectivity index (χ0v) is 14.9. The second-order valence-corrected chi connectivity index (χ2v) is 7.37. The average Bonchev–Trinajstić information content (AvgIpc) is 2.49. The number of hydrogen-bond acceptors (Lipinski definition) is 0. The zero-order chi connectivity index (χ0) is 18.1. The Bertz CT molecular complexity index is 704. The van der Waals surface area contributed by atoms with Gasteiger partial charge in [-0.1, -0.05) is 57.2 Å². The maximum absolute atomic E-state index is 8.48. The Balaban J connectivity index is 2.15. The van der Waals surface area contributed by atoms with Crippen LogP contribution in [-0.4, -0.2) is 0 Å². The molecule has 0 unspecified atom stereocenters. The Labute approximate surface area is 139 Å². The van der Waals surface area contributed by atoms with E-state index in [2.05, 4.69) is 65.8 Å². The van der Waals surface area contributed by atoms with E-state index in [1.807, 2.05) is 12.1 Å². The molecule has 2 rings (SSSR count). The van der Waals surface area contributed by atoms with E-state index in [9.17, 15) is 0 Å². The van der Waals surface area contributed by atoms with Crippen molar-refractivity contribution in [2.75, 3.05) is 0 Å². The minimum atomic E-state index is -1.30. The van der Waals surface area contributed by atoms with Crippen LogP contribution in [-0.2, 0) is 18.2 Å². The summed E-state index contributed by atoms with van der Waals surface area (Å²) in [5, 5.41) is 0. The fourth-order valence-electron chi connectivity index (χ4n) is 2.72. The minimum absolute atomic E-state index is 0.0990. The molecule has 22 heavy (non-hydrogen) atoms. The Hall–Kier alpha value is -1.56. The highest BCUT2D eigenvalue weighted by Crippen LogP contribution is 2.23. The molecule has 2 aromatic carbocycles. The Morgan fingerprint density at radius 3 is 2.05 bits per heavy atom. The van der Waals surface area contributed by atoms with Gasteiger partial charge in [-0.05, 0) is 78.8 Å². The van der Waals surface area contributed by atoms with Gasteiger partial charge in [0.15, 0.2) is 0 Å². The van der Waals surface area contributed by atoms with E-state index in [0.29, 0.717) is 6.42 Å². The van der Waals surface area contributed by atoms with Crippen molar-refractivity contribution in [2.45, 2.75) is 66.2 Å².